The molecule has 0 aliphatic carbocycles. The van der Waals surface area contributed by atoms with Crippen molar-refractivity contribution in [2.24, 2.45) is 5.73 Å². The highest BCUT2D eigenvalue weighted by Gasteiger charge is 2.03. The Morgan fingerprint density at radius 3 is 2.69 bits per heavy atom. The predicted molar refractivity (Wildman–Crippen MR) is 68.6 cm³/mol. The summed E-state index contributed by atoms with van der Waals surface area (Å²) in [7, 11) is 0. The van der Waals surface area contributed by atoms with Crippen LogP contribution >= 0.6 is 15.9 Å². The molecule has 0 saturated carbocycles. The largest absolute Gasteiger partial charge is 0.491 e. The summed E-state index contributed by atoms with van der Waals surface area (Å²) in [6.45, 7) is 5.63. The highest BCUT2D eigenvalue weighted by atomic mass is 79.9. The maximum atomic E-state index is 5.64. The summed E-state index contributed by atoms with van der Waals surface area (Å²) < 4.78 is 12.0. The van der Waals surface area contributed by atoms with Gasteiger partial charge >= 0.3 is 0 Å². The smallest absolute Gasteiger partial charge is 0.123 e. The van der Waals surface area contributed by atoms with Gasteiger partial charge in [-0.15, -0.1) is 0 Å². The highest BCUT2D eigenvalue weighted by molar-refractivity contribution is 9.10. The van der Waals surface area contributed by atoms with E-state index in [0.717, 1.165) is 15.8 Å². The lowest BCUT2D eigenvalue weighted by Crippen LogP contribution is -2.12. The van der Waals surface area contributed by atoms with Crippen molar-refractivity contribution in [3.8, 4) is 5.75 Å². The molecule has 0 unspecified atom stereocenters. The van der Waals surface area contributed by atoms with E-state index in [0.29, 0.717) is 19.8 Å². The topological polar surface area (TPSA) is 44.5 Å². The van der Waals surface area contributed by atoms with Gasteiger partial charge in [-0.1, -0.05) is 15.9 Å². The van der Waals surface area contributed by atoms with Crippen molar-refractivity contribution < 1.29 is 9.47 Å². The van der Waals surface area contributed by atoms with E-state index in [1.165, 1.54) is 0 Å². The molecule has 0 amide bonds. The minimum Gasteiger partial charge on any atom is -0.491 e. The first kappa shape index (κ1) is 13.5. The van der Waals surface area contributed by atoms with Crippen molar-refractivity contribution in [3.05, 3.63) is 28.2 Å². The van der Waals surface area contributed by atoms with Crippen LogP contribution in [0.1, 0.15) is 19.4 Å². The molecule has 3 nitrogen and oxygen atoms in total. The summed E-state index contributed by atoms with van der Waals surface area (Å²) in [5, 5.41) is 0. The Hall–Kier alpha value is -0.580. The highest BCUT2D eigenvalue weighted by Crippen LogP contribution is 2.22. The lowest BCUT2D eigenvalue weighted by molar-refractivity contribution is 0.0550. The van der Waals surface area contributed by atoms with Crippen LogP contribution in [0.25, 0.3) is 0 Å². The summed E-state index contributed by atoms with van der Waals surface area (Å²) in [6.07, 6.45) is 0.238. The first-order valence-corrected chi connectivity index (χ1v) is 6.15. The second-order valence-corrected chi connectivity index (χ2v) is 4.64. The van der Waals surface area contributed by atoms with E-state index in [1.54, 1.807) is 0 Å². The van der Waals surface area contributed by atoms with E-state index in [2.05, 4.69) is 15.9 Å². The lowest BCUT2D eigenvalue weighted by atomic mass is 10.2. The molecule has 1 aromatic carbocycles. The first-order chi connectivity index (χ1) is 7.63. The molecule has 0 aromatic heterocycles. The third kappa shape index (κ3) is 4.51. The molecule has 0 radical (unpaired) electrons. The fraction of sp³-hybridized carbons (Fsp3) is 0.500. The maximum absolute atomic E-state index is 5.64. The zero-order valence-electron chi connectivity index (χ0n) is 9.70. The van der Waals surface area contributed by atoms with Gasteiger partial charge in [-0.05, 0) is 32.0 Å². The predicted octanol–water partition coefficient (Wildman–Crippen LogP) is 2.71. The van der Waals surface area contributed by atoms with Crippen LogP contribution in [0.15, 0.2) is 22.7 Å². The zero-order chi connectivity index (χ0) is 12.0. The van der Waals surface area contributed by atoms with Crippen LogP contribution < -0.4 is 10.5 Å². The molecule has 1 rings (SSSR count). The average molecular weight is 288 g/mol. The second kappa shape index (κ2) is 6.89. The number of nitrogens with two attached hydrogens (primary N) is 1. The van der Waals surface area contributed by atoms with Gasteiger partial charge in [0.15, 0.2) is 0 Å². The fourth-order valence-electron chi connectivity index (χ4n) is 1.28. The summed E-state index contributed by atoms with van der Waals surface area (Å²) in [5.74, 6) is 0.832. The molecule has 0 heterocycles. The van der Waals surface area contributed by atoms with Gasteiger partial charge in [-0.2, -0.15) is 0 Å². The number of hydrogen-bond donors (Lipinski definition) is 1. The molecule has 2 N–H and O–H groups in total. The Morgan fingerprint density at radius 1 is 1.31 bits per heavy atom. The van der Waals surface area contributed by atoms with Crippen LogP contribution in [-0.4, -0.2) is 19.3 Å². The quantitative estimate of drug-likeness (QED) is 0.819. The molecule has 0 aliphatic rings. The first-order valence-electron chi connectivity index (χ1n) is 5.36. The molecule has 0 spiro atoms. The van der Waals surface area contributed by atoms with Crippen molar-refractivity contribution in [2.75, 3.05) is 13.2 Å². The van der Waals surface area contributed by atoms with E-state index >= 15 is 0 Å². The third-order valence-corrected chi connectivity index (χ3v) is 2.53. The molecule has 1 aromatic rings. The van der Waals surface area contributed by atoms with Crippen LogP contribution in [0, 0.1) is 0 Å². The molecule has 16 heavy (non-hydrogen) atoms. The summed E-state index contributed by atoms with van der Waals surface area (Å²) in [4.78, 5) is 0. The van der Waals surface area contributed by atoms with Crippen LogP contribution in [0.2, 0.25) is 0 Å². The molecule has 4 heteroatoms. The van der Waals surface area contributed by atoms with Gasteiger partial charge < -0.3 is 15.2 Å². The number of benzene rings is 1. The Balaban J connectivity index is 2.47. The van der Waals surface area contributed by atoms with Gasteiger partial charge in [-0.3, -0.25) is 0 Å². The van der Waals surface area contributed by atoms with Crippen LogP contribution in [-0.2, 0) is 11.3 Å². The minimum absolute atomic E-state index is 0.238. The van der Waals surface area contributed by atoms with Crippen LogP contribution in [0.5, 0.6) is 5.75 Å². The number of halogens is 1. The minimum atomic E-state index is 0.238. The Bertz CT molecular complexity index is 329. The average Bonchev–Trinajstić information content (AvgIpc) is 2.25. The van der Waals surface area contributed by atoms with Crippen molar-refractivity contribution in [1.29, 1.82) is 0 Å². The van der Waals surface area contributed by atoms with Gasteiger partial charge in [-0.25, -0.2) is 0 Å². The maximum Gasteiger partial charge on any atom is 0.123 e. The SMILES string of the molecule is CC(C)OCCOc1ccc(Br)cc1CN. The normalized spacial score (nSPS) is 10.8. The molecule has 90 valence electrons. The molecule has 0 aliphatic heterocycles. The van der Waals surface area contributed by atoms with Crippen LogP contribution in [0.4, 0.5) is 0 Å². The third-order valence-electron chi connectivity index (χ3n) is 2.03. The fourth-order valence-corrected chi connectivity index (χ4v) is 1.69. The standard InChI is InChI=1S/C12H18BrNO2/c1-9(2)15-5-6-16-12-4-3-11(13)7-10(12)8-14/h3-4,7,9H,5-6,8,14H2,1-2H3. The monoisotopic (exact) mass is 287 g/mol. The Kier molecular flexibility index (Phi) is 5.80. The summed E-state index contributed by atoms with van der Waals surface area (Å²) >= 11 is 3.40. The van der Waals surface area contributed by atoms with E-state index in [1.807, 2.05) is 32.0 Å². The van der Waals surface area contributed by atoms with Crippen molar-refractivity contribution >= 4 is 15.9 Å². The van der Waals surface area contributed by atoms with Crippen molar-refractivity contribution in [2.45, 2.75) is 26.5 Å². The van der Waals surface area contributed by atoms with Gasteiger partial charge in [0.1, 0.15) is 12.4 Å². The van der Waals surface area contributed by atoms with Crippen LogP contribution in [0.3, 0.4) is 0 Å². The molecular weight excluding hydrogens is 270 g/mol. The van der Waals surface area contributed by atoms with E-state index < -0.39 is 0 Å². The molecule has 0 bridgehead atoms. The Morgan fingerprint density at radius 2 is 2.06 bits per heavy atom. The second-order valence-electron chi connectivity index (χ2n) is 3.72. The van der Waals surface area contributed by atoms with Crippen molar-refractivity contribution in [1.82, 2.24) is 0 Å². The van der Waals surface area contributed by atoms with Gasteiger partial charge in [0.25, 0.3) is 0 Å². The molecule has 0 saturated heterocycles. The number of ether oxygens (including phenoxy) is 2. The zero-order valence-corrected chi connectivity index (χ0v) is 11.3. The Labute approximate surface area is 105 Å². The molecule has 0 atom stereocenters. The van der Waals surface area contributed by atoms with Gasteiger partial charge in [0, 0.05) is 16.6 Å². The summed E-state index contributed by atoms with van der Waals surface area (Å²) in [6, 6.07) is 5.83. The van der Waals surface area contributed by atoms with E-state index in [4.69, 9.17) is 15.2 Å². The van der Waals surface area contributed by atoms with E-state index in [9.17, 15) is 0 Å². The van der Waals surface area contributed by atoms with Gasteiger partial charge in [0.2, 0.25) is 0 Å². The van der Waals surface area contributed by atoms with Crippen molar-refractivity contribution in [3.63, 3.8) is 0 Å². The lowest BCUT2D eigenvalue weighted by Gasteiger charge is -2.12. The summed E-state index contributed by atoms with van der Waals surface area (Å²) in [5.41, 5.74) is 6.64. The number of rotatable bonds is 6. The van der Waals surface area contributed by atoms with Gasteiger partial charge in [0.05, 0.1) is 12.7 Å². The number of hydrogen-bond acceptors (Lipinski definition) is 3. The molecule has 0 fully saturated rings. The van der Waals surface area contributed by atoms with E-state index in [-0.39, 0.29) is 6.10 Å². The molecular formula is C12H18BrNO2.